The molecule has 1 saturated heterocycles. The molecule has 1 aliphatic rings. The monoisotopic (exact) mass is 276 g/mol. The van der Waals surface area contributed by atoms with Gasteiger partial charge in [-0.25, -0.2) is 4.79 Å². The van der Waals surface area contributed by atoms with Crippen LogP contribution in [0.5, 0.6) is 0 Å². The third-order valence-corrected chi connectivity index (χ3v) is 3.33. The molecule has 110 valence electrons. The number of amides is 1. The highest BCUT2D eigenvalue weighted by atomic mass is 16.6. The zero-order chi connectivity index (χ0) is 14.8. The summed E-state index contributed by atoms with van der Waals surface area (Å²) >= 11 is 0. The zero-order valence-electron chi connectivity index (χ0n) is 12.7. The second kappa shape index (κ2) is 5.83. The Kier molecular flexibility index (Phi) is 4.33. The van der Waals surface area contributed by atoms with Gasteiger partial charge in [-0.15, -0.1) is 0 Å². The Labute approximate surface area is 120 Å². The van der Waals surface area contributed by atoms with Gasteiger partial charge < -0.3 is 10.1 Å². The van der Waals surface area contributed by atoms with E-state index in [-0.39, 0.29) is 0 Å². The van der Waals surface area contributed by atoms with E-state index >= 15 is 0 Å². The summed E-state index contributed by atoms with van der Waals surface area (Å²) in [4.78, 5) is 11.8. The molecule has 0 aliphatic carbocycles. The van der Waals surface area contributed by atoms with Crippen LogP contribution in [0.3, 0.4) is 0 Å². The fourth-order valence-electron chi connectivity index (χ4n) is 2.17. The number of carbonyl (C=O) groups excluding carboxylic acids is 1. The molecule has 0 aromatic heterocycles. The number of hydrogen-bond acceptors (Lipinski definition) is 3. The maximum atomic E-state index is 11.8. The number of anilines is 1. The quantitative estimate of drug-likeness (QED) is 0.892. The van der Waals surface area contributed by atoms with Crippen molar-refractivity contribution in [1.29, 1.82) is 0 Å². The summed E-state index contributed by atoms with van der Waals surface area (Å²) in [5.74, 6) is 0.715. The fraction of sp³-hybridized carbons (Fsp3) is 0.562. The van der Waals surface area contributed by atoms with E-state index in [4.69, 9.17) is 4.74 Å². The predicted molar refractivity (Wildman–Crippen MR) is 81.1 cm³/mol. The van der Waals surface area contributed by atoms with Gasteiger partial charge in [0, 0.05) is 5.69 Å². The van der Waals surface area contributed by atoms with Crippen molar-refractivity contribution in [2.24, 2.45) is 5.92 Å². The molecule has 0 spiro atoms. The molecular weight excluding hydrogens is 252 g/mol. The van der Waals surface area contributed by atoms with Crippen molar-refractivity contribution in [3.05, 3.63) is 29.3 Å². The molecule has 1 aliphatic heterocycles. The molecule has 0 radical (unpaired) electrons. The highest BCUT2D eigenvalue weighted by Crippen LogP contribution is 2.21. The lowest BCUT2D eigenvalue weighted by Gasteiger charge is -2.27. The molecule has 0 unspecified atom stereocenters. The summed E-state index contributed by atoms with van der Waals surface area (Å²) in [7, 11) is 0. The molecule has 0 saturated carbocycles. The number of aryl methyl sites for hydroxylation is 1. The van der Waals surface area contributed by atoms with Crippen LogP contribution in [0.25, 0.3) is 0 Å². The highest BCUT2D eigenvalue weighted by Gasteiger charge is 2.19. The highest BCUT2D eigenvalue weighted by molar-refractivity contribution is 5.86. The van der Waals surface area contributed by atoms with E-state index in [1.807, 2.05) is 33.8 Å². The fourth-order valence-corrected chi connectivity index (χ4v) is 2.17. The Morgan fingerprint density at radius 1 is 1.40 bits per heavy atom. The normalized spacial score (nSPS) is 15.6. The van der Waals surface area contributed by atoms with Crippen LogP contribution >= 0.6 is 0 Å². The Morgan fingerprint density at radius 2 is 2.10 bits per heavy atom. The van der Waals surface area contributed by atoms with E-state index in [9.17, 15) is 4.79 Å². The molecule has 20 heavy (non-hydrogen) atoms. The molecule has 1 fully saturated rings. The van der Waals surface area contributed by atoms with Crippen molar-refractivity contribution in [2.75, 3.05) is 18.4 Å². The van der Waals surface area contributed by atoms with Gasteiger partial charge in [-0.05, 0) is 70.3 Å². The number of ether oxygens (including phenoxy) is 1. The minimum Gasteiger partial charge on any atom is -0.444 e. The van der Waals surface area contributed by atoms with Gasteiger partial charge in [0.25, 0.3) is 0 Å². The van der Waals surface area contributed by atoms with Crippen LogP contribution in [0.1, 0.15) is 31.9 Å². The van der Waals surface area contributed by atoms with Crippen LogP contribution in [0.2, 0.25) is 0 Å². The smallest absolute Gasteiger partial charge is 0.412 e. The van der Waals surface area contributed by atoms with Crippen LogP contribution in [0.15, 0.2) is 18.2 Å². The molecule has 4 nitrogen and oxygen atoms in total. The second-order valence-electron chi connectivity index (χ2n) is 6.50. The van der Waals surface area contributed by atoms with Gasteiger partial charge in [-0.3, -0.25) is 5.32 Å². The van der Waals surface area contributed by atoms with Crippen molar-refractivity contribution >= 4 is 11.8 Å². The Morgan fingerprint density at radius 3 is 2.65 bits per heavy atom. The molecule has 2 rings (SSSR count). The van der Waals surface area contributed by atoms with Crippen molar-refractivity contribution in [2.45, 2.75) is 39.7 Å². The van der Waals surface area contributed by atoms with Gasteiger partial charge >= 0.3 is 6.09 Å². The largest absolute Gasteiger partial charge is 0.444 e. The van der Waals surface area contributed by atoms with Crippen LogP contribution in [0, 0.1) is 12.8 Å². The maximum Gasteiger partial charge on any atom is 0.412 e. The molecule has 1 aromatic carbocycles. The first-order chi connectivity index (χ1) is 9.33. The zero-order valence-corrected chi connectivity index (χ0v) is 12.7. The molecule has 1 amide bonds. The lowest BCUT2D eigenvalue weighted by atomic mass is 9.93. The number of rotatable bonds is 3. The first kappa shape index (κ1) is 14.9. The van der Waals surface area contributed by atoms with Crippen LogP contribution in [-0.2, 0) is 11.2 Å². The van der Waals surface area contributed by atoms with E-state index < -0.39 is 11.7 Å². The minimum absolute atomic E-state index is 0.400. The van der Waals surface area contributed by atoms with Gasteiger partial charge in [-0.2, -0.15) is 0 Å². The average Bonchev–Trinajstić information content (AvgIpc) is 2.25. The molecule has 4 heteroatoms. The van der Waals surface area contributed by atoms with Crippen molar-refractivity contribution in [1.82, 2.24) is 5.32 Å². The van der Waals surface area contributed by atoms with Gasteiger partial charge in [0.1, 0.15) is 5.60 Å². The predicted octanol–water partition coefficient (Wildman–Crippen LogP) is 3.10. The number of carbonyl (C=O) groups is 1. The van der Waals surface area contributed by atoms with Gasteiger partial charge in [0.05, 0.1) is 0 Å². The SMILES string of the molecule is Cc1ccc(CC2CNC2)cc1NC(=O)OC(C)(C)C. The first-order valence-corrected chi connectivity index (χ1v) is 7.14. The van der Waals surface area contributed by atoms with E-state index in [1.165, 1.54) is 5.56 Å². The molecular formula is C16H24N2O2. The van der Waals surface area contributed by atoms with Crippen molar-refractivity contribution in [3.63, 3.8) is 0 Å². The molecule has 1 heterocycles. The van der Waals surface area contributed by atoms with Gasteiger partial charge in [0.2, 0.25) is 0 Å². The van der Waals surface area contributed by atoms with Crippen molar-refractivity contribution in [3.8, 4) is 0 Å². The molecule has 0 atom stereocenters. The topological polar surface area (TPSA) is 50.4 Å². The Bertz CT molecular complexity index is 488. The summed E-state index contributed by atoms with van der Waals surface area (Å²) < 4.78 is 5.29. The molecule has 2 N–H and O–H groups in total. The first-order valence-electron chi connectivity index (χ1n) is 7.14. The third-order valence-electron chi connectivity index (χ3n) is 3.33. The van der Waals surface area contributed by atoms with E-state index in [0.29, 0.717) is 5.92 Å². The van der Waals surface area contributed by atoms with Crippen LogP contribution < -0.4 is 10.6 Å². The maximum absolute atomic E-state index is 11.8. The summed E-state index contributed by atoms with van der Waals surface area (Å²) in [6.07, 6.45) is 0.652. The summed E-state index contributed by atoms with van der Waals surface area (Å²) in [5.41, 5.74) is 2.66. The van der Waals surface area contributed by atoms with Crippen LogP contribution in [-0.4, -0.2) is 24.8 Å². The number of benzene rings is 1. The van der Waals surface area contributed by atoms with Crippen molar-refractivity contribution < 1.29 is 9.53 Å². The standard InChI is InChI=1S/C16H24N2O2/c1-11-5-6-12(7-13-9-17-10-13)8-14(11)18-15(19)20-16(2,3)4/h5-6,8,13,17H,7,9-10H2,1-4H3,(H,18,19). The molecule has 0 bridgehead atoms. The van der Waals surface area contributed by atoms with Crippen LogP contribution in [0.4, 0.5) is 10.5 Å². The lowest BCUT2D eigenvalue weighted by Crippen LogP contribution is -2.43. The second-order valence-corrected chi connectivity index (χ2v) is 6.50. The number of hydrogen-bond donors (Lipinski definition) is 2. The number of nitrogens with one attached hydrogen (secondary N) is 2. The Balaban J connectivity index is 2.02. The molecule has 1 aromatic rings. The van der Waals surface area contributed by atoms with E-state index in [2.05, 4.69) is 22.8 Å². The van der Waals surface area contributed by atoms with Gasteiger partial charge in [0.15, 0.2) is 0 Å². The third kappa shape index (κ3) is 4.23. The average molecular weight is 276 g/mol. The Hall–Kier alpha value is -1.55. The van der Waals surface area contributed by atoms with Gasteiger partial charge in [-0.1, -0.05) is 12.1 Å². The lowest BCUT2D eigenvalue weighted by molar-refractivity contribution is 0.0636. The summed E-state index contributed by atoms with van der Waals surface area (Å²) in [6.45, 7) is 9.74. The minimum atomic E-state index is -0.479. The van der Waals surface area contributed by atoms with E-state index in [1.54, 1.807) is 0 Å². The summed E-state index contributed by atoms with van der Waals surface area (Å²) in [5, 5.41) is 6.12. The summed E-state index contributed by atoms with van der Waals surface area (Å²) in [6, 6.07) is 6.24. The van der Waals surface area contributed by atoms with E-state index in [0.717, 1.165) is 30.8 Å².